The fourth-order valence-corrected chi connectivity index (χ4v) is 8.12. The second kappa shape index (κ2) is 20.1. The van der Waals surface area contributed by atoms with E-state index in [9.17, 15) is 4.39 Å². The summed E-state index contributed by atoms with van der Waals surface area (Å²) in [5, 5.41) is 0. The molecule has 9 aromatic carbocycles. The molecule has 0 aliphatic carbocycles. The monoisotopic (exact) mass is 778 g/mol. The van der Waals surface area contributed by atoms with Crippen molar-refractivity contribution >= 4 is 0 Å². The molecule has 0 N–H and O–H groups in total. The van der Waals surface area contributed by atoms with Crippen molar-refractivity contribution in [2.45, 2.75) is 31.1 Å². The summed E-state index contributed by atoms with van der Waals surface area (Å²) in [5.74, 6) is -0.206. The normalized spacial score (nSPS) is 11.0. The molecule has 0 spiro atoms. The number of benzene rings is 9. The second-order valence-electron chi connectivity index (χ2n) is 15.2. The predicted octanol–water partition coefficient (Wildman–Crippen LogP) is 14.8. The first-order valence-corrected chi connectivity index (χ1v) is 20.7. The topological polar surface area (TPSA) is 0 Å². The van der Waals surface area contributed by atoms with E-state index in [-0.39, 0.29) is 16.6 Å². The van der Waals surface area contributed by atoms with Gasteiger partial charge in [0.1, 0.15) is 5.82 Å². The zero-order valence-corrected chi connectivity index (χ0v) is 34.4. The molecule has 0 saturated carbocycles. The van der Waals surface area contributed by atoms with Crippen LogP contribution in [0.5, 0.6) is 0 Å². The van der Waals surface area contributed by atoms with Crippen LogP contribution in [0.25, 0.3) is 0 Å². The van der Waals surface area contributed by atoms with Crippen LogP contribution in [0, 0.1) is 12.7 Å². The predicted molar refractivity (Wildman–Crippen MR) is 250 cm³/mol. The number of halogens is 1. The highest BCUT2D eigenvalue weighted by Gasteiger charge is 2.38. The lowest BCUT2D eigenvalue weighted by atomic mass is 9.65. The third-order valence-corrected chi connectivity index (χ3v) is 11.3. The van der Waals surface area contributed by atoms with Crippen LogP contribution < -0.4 is 0 Å². The summed E-state index contributed by atoms with van der Waals surface area (Å²) >= 11 is 0. The molecule has 9 rings (SSSR count). The average molecular weight is 779 g/mol. The first kappa shape index (κ1) is 41.1. The van der Waals surface area contributed by atoms with E-state index < -0.39 is 0 Å². The van der Waals surface area contributed by atoms with E-state index in [1.54, 1.807) is 0 Å². The highest BCUT2D eigenvalue weighted by molar-refractivity contribution is 5.59. The lowest BCUT2D eigenvalue weighted by Crippen LogP contribution is -2.30. The van der Waals surface area contributed by atoms with Crippen molar-refractivity contribution in [1.82, 2.24) is 0 Å². The van der Waals surface area contributed by atoms with Crippen LogP contribution >= 0.6 is 0 Å². The highest BCUT2D eigenvalue weighted by Crippen LogP contribution is 2.45. The van der Waals surface area contributed by atoms with Crippen LogP contribution in [-0.4, -0.2) is 0 Å². The van der Waals surface area contributed by atoms with Crippen LogP contribution in [-0.2, 0) is 17.3 Å². The van der Waals surface area contributed by atoms with E-state index in [0.29, 0.717) is 0 Å². The van der Waals surface area contributed by atoms with Crippen LogP contribution in [0.2, 0.25) is 0 Å². The Morgan fingerprint density at radius 3 is 0.900 bits per heavy atom. The molecule has 0 bridgehead atoms. The molecule has 0 radical (unpaired) electrons. The van der Waals surface area contributed by atoms with E-state index in [1.165, 1.54) is 62.2 Å². The lowest BCUT2D eigenvalue weighted by molar-refractivity contribution is 0.622. The van der Waals surface area contributed by atoms with Gasteiger partial charge in [-0.05, 0) is 82.5 Å². The number of rotatable bonds is 9. The van der Waals surface area contributed by atoms with Crippen molar-refractivity contribution in [3.63, 3.8) is 0 Å². The van der Waals surface area contributed by atoms with Crippen molar-refractivity contribution < 1.29 is 4.39 Å². The van der Waals surface area contributed by atoms with Crippen LogP contribution in [0.4, 0.5) is 4.39 Å². The molecule has 0 aliphatic rings. The smallest absolute Gasteiger partial charge is 0.123 e. The summed E-state index contributed by atoms with van der Waals surface area (Å²) in [5.41, 5.74) is 12.0. The summed E-state index contributed by atoms with van der Waals surface area (Å²) < 4.78 is 13.3. The molecular formula is C59H51F. The zero-order chi connectivity index (χ0) is 41.5. The van der Waals surface area contributed by atoms with Crippen LogP contribution in [0.1, 0.15) is 62.6 Å². The Kier molecular flexibility index (Phi) is 13.7. The van der Waals surface area contributed by atoms with Gasteiger partial charge in [0.05, 0.1) is 5.41 Å². The minimum atomic E-state index is -0.328. The standard InChI is InChI=1S/C25H20.C20H17F.C14H14/c1-5-13-21(14-6-1)25(22-15-7-2-8-16-22,23-17-9-3-10-18-23)24-19-11-4-12-20-24;1-20(16-8-4-2-5-9-16,17-10-6-3-7-11-17)18-12-14-19(21)15-13-18;1-12-7-9-14(10-8-12)11-13-5-3-2-4-6-13/h1-20H;2-15H,1H3;2-10H,11H2,1H3. The van der Waals surface area contributed by atoms with Gasteiger partial charge < -0.3 is 0 Å². The molecule has 0 amide bonds. The second-order valence-corrected chi connectivity index (χ2v) is 15.2. The first-order chi connectivity index (χ1) is 29.5. The fourth-order valence-electron chi connectivity index (χ4n) is 8.12. The number of aryl methyl sites for hydroxylation is 1. The summed E-state index contributed by atoms with van der Waals surface area (Å²) in [4.78, 5) is 0. The third kappa shape index (κ3) is 9.60. The van der Waals surface area contributed by atoms with Gasteiger partial charge >= 0.3 is 0 Å². The molecular weight excluding hydrogens is 728 g/mol. The van der Waals surface area contributed by atoms with Gasteiger partial charge in [-0.25, -0.2) is 4.39 Å². The van der Waals surface area contributed by atoms with Gasteiger partial charge in [-0.1, -0.05) is 254 Å². The zero-order valence-electron chi connectivity index (χ0n) is 34.4. The van der Waals surface area contributed by atoms with E-state index >= 15 is 0 Å². The molecule has 0 nitrogen and oxygen atoms in total. The maximum absolute atomic E-state index is 13.3. The molecule has 60 heavy (non-hydrogen) atoms. The number of hydrogen-bond donors (Lipinski definition) is 0. The van der Waals surface area contributed by atoms with Gasteiger partial charge in [0.15, 0.2) is 0 Å². The van der Waals surface area contributed by atoms with Crippen LogP contribution in [0.3, 0.4) is 0 Å². The van der Waals surface area contributed by atoms with Gasteiger partial charge in [0.2, 0.25) is 0 Å². The highest BCUT2D eigenvalue weighted by atomic mass is 19.1. The van der Waals surface area contributed by atoms with Crippen molar-refractivity contribution in [3.8, 4) is 0 Å². The molecule has 0 fully saturated rings. The summed E-state index contributed by atoms with van der Waals surface area (Å²) in [6.45, 7) is 4.30. The maximum atomic E-state index is 13.3. The van der Waals surface area contributed by atoms with Crippen molar-refractivity contribution in [1.29, 1.82) is 0 Å². The third-order valence-electron chi connectivity index (χ3n) is 11.3. The molecule has 0 saturated heterocycles. The molecule has 294 valence electrons. The van der Waals surface area contributed by atoms with Crippen molar-refractivity contribution in [2.24, 2.45) is 0 Å². The SMILES string of the molecule is CC(c1ccccc1)(c1ccccc1)c1ccc(F)cc1.Cc1ccc(Cc2ccccc2)cc1.c1ccc(C(c2ccccc2)(c2ccccc2)c2ccccc2)cc1. The molecule has 1 heteroatoms. The van der Waals surface area contributed by atoms with E-state index in [0.717, 1.165) is 12.0 Å². The minimum Gasteiger partial charge on any atom is -0.207 e. The van der Waals surface area contributed by atoms with Crippen LogP contribution in [0.15, 0.2) is 261 Å². The molecule has 9 aromatic rings. The Morgan fingerprint density at radius 2 is 0.567 bits per heavy atom. The molecule has 0 atom stereocenters. The van der Waals surface area contributed by atoms with E-state index in [4.69, 9.17) is 0 Å². The van der Waals surface area contributed by atoms with Gasteiger partial charge in [-0.3, -0.25) is 0 Å². The van der Waals surface area contributed by atoms with Gasteiger partial charge in [0.25, 0.3) is 0 Å². The van der Waals surface area contributed by atoms with Crippen molar-refractivity contribution in [3.05, 3.63) is 322 Å². The van der Waals surface area contributed by atoms with Gasteiger partial charge in [0, 0.05) is 5.41 Å². The molecule has 0 heterocycles. The lowest BCUT2D eigenvalue weighted by Gasteiger charge is -2.36. The summed E-state index contributed by atoms with van der Waals surface area (Å²) in [6, 6.07) is 89.9. The summed E-state index contributed by atoms with van der Waals surface area (Å²) in [7, 11) is 0. The Hall–Kier alpha value is -7.09. The Morgan fingerprint density at radius 1 is 0.300 bits per heavy atom. The fraction of sp³-hybridized carbons (Fsp3) is 0.0847. The Bertz CT molecular complexity index is 2370. The van der Waals surface area contributed by atoms with E-state index in [1.807, 2.05) is 48.5 Å². The van der Waals surface area contributed by atoms with Gasteiger partial charge in [-0.2, -0.15) is 0 Å². The largest absolute Gasteiger partial charge is 0.207 e. The summed E-state index contributed by atoms with van der Waals surface area (Å²) in [6.07, 6.45) is 1.03. The van der Waals surface area contributed by atoms with Gasteiger partial charge in [-0.15, -0.1) is 0 Å². The Balaban J connectivity index is 0.000000142. The first-order valence-electron chi connectivity index (χ1n) is 20.7. The minimum absolute atomic E-state index is 0.206. The van der Waals surface area contributed by atoms with E-state index in [2.05, 4.69) is 214 Å². The quantitative estimate of drug-likeness (QED) is 0.128. The molecule has 0 unspecified atom stereocenters. The number of hydrogen-bond acceptors (Lipinski definition) is 0. The average Bonchev–Trinajstić information content (AvgIpc) is 3.33. The van der Waals surface area contributed by atoms with Crippen molar-refractivity contribution in [2.75, 3.05) is 0 Å². The Labute approximate surface area is 356 Å². The molecule has 0 aliphatic heterocycles. The maximum Gasteiger partial charge on any atom is 0.123 e. The molecule has 0 aromatic heterocycles.